The molecule has 134 valence electrons. The van der Waals surface area contributed by atoms with Gasteiger partial charge in [0.15, 0.2) is 0 Å². The van der Waals surface area contributed by atoms with E-state index in [9.17, 15) is 4.79 Å². The molecule has 0 aliphatic carbocycles. The third-order valence-corrected chi connectivity index (χ3v) is 4.79. The molecule has 0 radical (unpaired) electrons. The highest BCUT2D eigenvalue weighted by molar-refractivity contribution is 5.80. The third kappa shape index (κ3) is 3.48. The van der Waals surface area contributed by atoms with Gasteiger partial charge in [0, 0.05) is 31.9 Å². The monoisotopic (exact) mass is 342 g/mol. The number of hydrogen-bond acceptors (Lipinski definition) is 4. The molecule has 1 aliphatic heterocycles. The van der Waals surface area contributed by atoms with Crippen LogP contribution in [0.1, 0.15) is 24.4 Å². The van der Waals surface area contributed by atoms with Gasteiger partial charge >= 0.3 is 0 Å². The van der Waals surface area contributed by atoms with E-state index in [2.05, 4.69) is 16.1 Å². The number of benzene rings is 1. The van der Waals surface area contributed by atoms with Crippen molar-refractivity contribution in [2.45, 2.75) is 26.8 Å². The van der Waals surface area contributed by atoms with Crippen LogP contribution in [0.25, 0.3) is 0 Å². The molecule has 2 heterocycles. The summed E-state index contributed by atoms with van der Waals surface area (Å²) in [5.41, 5.74) is 3.05. The van der Waals surface area contributed by atoms with E-state index in [-0.39, 0.29) is 11.9 Å². The van der Waals surface area contributed by atoms with E-state index in [0.717, 1.165) is 35.9 Å². The summed E-state index contributed by atoms with van der Waals surface area (Å²) < 4.78 is 7.27. The molecule has 1 amide bonds. The van der Waals surface area contributed by atoms with Crippen molar-refractivity contribution in [3.8, 4) is 5.75 Å². The van der Waals surface area contributed by atoms with Gasteiger partial charge in [0.25, 0.3) is 0 Å². The average molecular weight is 342 g/mol. The molecule has 1 atom stereocenters. The summed E-state index contributed by atoms with van der Waals surface area (Å²) in [4.78, 5) is 17.1. The summed E-state index contributed by atoms with van der Waals surface area (Å²) in [6.45, 7) is 8.89. The zero-order chi connectivity index (χ0) is 18.0. The molecule has 1 fully saturated rings. The molecule has 0 unspecified atom stereocenters. The lowest BCUT2D eigenvalue weighted by Crippen LogP contribution is -2.50. The van der Waals surface area contributed by atoms with Crippen LogP contribution in [0.15, 0.2) is 30.3 Å². The molecular formula is C19H26N4O2. The van der Waals surface area contributed by atoms with Gasteiger partial charge in [-0.05, 0) is 39.0 Å². The second kappa shape index (κ2) is 7.17. The first-order valence-corrected chi connectivity index (χ1v) is 8.70. The van der Waals surface area contributed by atoms with Crippen molar-refractivity contribution in [1.29, 1.82) is 0 Å². The summed E-state index contributed by atoms with van der Waals surface area (Å²) >= 11 is 0. The van der Waals surface area contributed by atoms with Crippen molar-refractivity contribution in [2.24, 2.45) is 0 Å². The lowest BCUT2D eigenvalue weighted by atomic mass is 10.2. The summed E-state index contributed by atoms with van der Waals surface area (Å²) in [6, 6.07) is 9.75. The molecule has 0 bridgehead atoms. The summed E-state index contributed by atoms with van der Waals surface area (Å²) in [7, 11) is 1.69. The van der Waals surface area contributed by atoms with E-state index in [1.807, 2.05) is 54.6 Å². The topological polar surface area (TPSA) is 50.6 Å². The van der Waals surface area contributed by atoms with E-state index in [1.54, 1.807) is 7.11 Å². The molecule has 0 spiro atoms. The number of carbonyl (C=O) groups excluding carboxylic acids is 1. The molecule has 6 heteroatoms. The first-order valence-electron chi connectivity index (χ1n) is 8.70. The highest BCUT2D eigenvalue weighted by atomic mass is 16.5. The van der Waals surface area contributed by atoms with E-state index in [1.165, 1.54) is 0 Å². The Kier molecular flexibility index (Phi) is 4.97. The van der Waals surface area contributed by atoms with Gasteiger partial charge in [-0.25, -0.2) is 0 Å². The molecule has 2 aromatic rings. The molecule has 3 rings (SSSR count). The number of piperazine rings is 1. The van der Waals surface area contributed by atoms with Crippen molar-refractivity contribution >= 4 is 11.6 Å². The second-order valence-electron chi connectivity index (χ2n) is 6.53. The minimum absolute atomic E-state index is 0.130. The lowest BCUT2D eigenvalue weighted by molar-refractivity contribution is -0.134. The number of methoxy groups -OCH3 is 1. The quantitative estimate of drug-likeness (QED) is 0.856. The van der Waals surface area contributed by atoms with E-state index >= 15 is 0 Å². The second-order valence-corrected chi connectivity index (χ2v) is 6.53. The molecule has 25 heavy (non-hydrogen) atoms. The Morgan fingerprint density at radius 3 is 2.44 bits per heavy atom. The molecule has 1 saturated heterocycles. The van der Waals surface area contributed by atoms with Crippen LogP contribution in [0.3, 0.4) is 0 Å². The van der Waals surface area contributed by atoms with Gasteiger partial charge in [-0.2, -0.15) is 5.10 Å². The highest BCUT2D eigenvalue weighted by Gasteiger charge is 2.27. The average Bonchev–Trinajstić information content (AvgIpc) is 2.98. The number of rotatable bonds is 4. The maximum absolute atomic E-state index is 12.8. The Morgan fingerprint density at radius 1 is 1.16 bits per heavy atom. The van der Waals surface area contributed by atoms with Gasteiger partial charge in [0.1, 0.15) is 11.8 Å². The van der Waals surface area contributed by atoms with Gasteiger partial charge in [-0.1, -0.05) is 12.1 Å². The molecule has 0 saturated carbocycles. The van der Waals surface area contributed by atoms with Crippen LogP contribution < -0.4 is 9.64 Å². The van der Waals surface area contributed by atoms with Gasteiger partial charge in [-0.3, -0.25) is 9.48 Å². The van der Waals surface area contributed by atoms with Crippen molar-refractivity contribution < 1.29 is 9.53 Å². The maximum atomic E-state index is 12.8. The number of para-hydroxylation sites is 2. The first-order chi connectivity index (χ1) is 12.0. The number of hydrogen-bond donors (Lipinski definition) is 0. The number of nitrogens with zero attached hydrogens (tertiary/aromatic N) is 4. The van der Waals surface area contributed by atoms with Gasteiger partial charge in [-0.15, -0.1) is 0 Å². The standard InChI is InChI=1S/C19H26N4O2/c1-14-13-15(2)23(20-14)16(3)19(24)22-11-9-21(10-12-22)17-7-5-6-8-18(17)25-4/h5-8,13,16H,9-12H2,1-4H3/t16-/m1/s1. The van der Waals surface area contributed by atoms with Crippen LogP contribution in [0.4, 0.5) is 5.69 Å². The van der Waals surface area contributed by atoms with Crippen molar-refractivity contribution in [1.82, 2.24) is 14.7 Å². The fourth-order valence-electron chi connectivity index (χ4n) is 3.47. The zero-order valence-corrected chi connectivity index (χ0v) is 15.4. The van der Waals surface area contributed by atoms with Crippen LogP contribution in [0, 0.1) is 13.8 Å². The molecule has 1 aromatic carbocycles. The minimum atomic E-state index is -0.272. The number of carbonyl (C=O) groups is 1. The molecule has 1 aliphatic rings. The molecule has 6 nitrogen and oxygen atoms in total. The van der Waals surface area contributed by atoms with Gasteiger partial charge in [0.2, 0.25) is 5.91 Å². The number of amides is 1. The van der Waals surface area contributed by atoms with Gasteiger partial charge < -0.3 is 14.5 Å². The summed E-state index contributed by atoms with van der Waals surface area (Å²) in [5, 5.41) is 4.45. The minimum Gasteiger partial charge on any atom is -0.495 e. The van der Waals surface area contributed by atoms with Crippen LogP contribution in [-0.4, -0.2) is 53.9 Å². The van der Waals surface area contributed by atoms with Crippen LogP contribution in [0.2, 0.25) is 0 Å². The van der Waals surface area contributed by atoms with Crippen LogP contribution in [-0.2, 0) is 4.79 Å². The van der Waals surface area contributed by atoms with E-state index in [4.69, 9.17) is 4.74 Å². The Morgan fingerprint density at radius 2 is 1.84 bits per heavy atom. The summed E-state index contributed by atoms with van der Waals surface area (Å²) in [5.74, 6) is 1.00. The Hall–Kier alpha value is -2.50. The van der Waals surface area contributed by atoms with Crippen molar-refractivity contribution in [2.75, 3.05) is 38.2 Å². The molecular weight excluding hydrogens is 316 g/mol. The van der Waals surface area contributed by atoms with Crippen molar-refractivity contribution in [3.05, 3.63) is 41.7 Å². The van der Waals surface area contributed by atoms with Crippen molar-refractivity contribution in [3.63, 3.8) is 0 Å². The normalized spacial score (nSPS) is 16.0. The highest BCUT2D eigenvalue weighted by Crippen LogP contribution is 2.28. The molecule has 0 N–H and O–H groups in total. The fourth-order valence-corrected chi connectivity index (χ4v) is 3.47. The Labute approximate surface area is 149 Å². The SMILES string of the molecule is COc1ccccc1N1CCN(C(=O)[C@@H](C)n2nc(C)cc2C)CC1. The number of anilines is 1. The Balaban J connectivity index is 1.65. The van der Waals surface area contributed by atoms with E-state index in [0.29, 0.717) is 13.1 Å². The Bertz CT molecular complexity index is 748. The number of aromatic nitrogens is 2. The third-order valence-electron chi connectivity index (χ3n) is 4.79. The maximum Gasteiger partial charge on any atom is 0.247 e. The zero-order valence-electron chi connectivity index (χ0n) is 15.4. The fraction of sp³-hybridized carbons (Fsp3) is 0.474. The van der Waals surface area contributed by atoms with Crippen LogP contribution in [0.5, 0.6) is 5.75 Å². The largest absolute Gasteiger partial charge is 0.495 e. The lowest BCUT2D eigenvalue weighted by Gasteiger charge is -2.37. The first kappa shape index (κ1) is 17.3. The number of aryl methyl sites for hydroxylation is 2. The predicted octanol–water partition coefficient (Wildman–Crippen LogP) is 2.42. The van der Waals surface area contributed by atoms with Crippen LogP contribution >= 0.6 is 0 Å². The van der Waals surface area contributed by atoms with Gasteiger partial charge in [0.05, 0.1) is 18.5 Å². The smallest absolute Gasteiger partial charge is 0.247 e. The van der Waals surface area contributed by atoms with E-state index < -0.39 is 0 Å². The summed E-state index contributed by atoms with van der Waals surface area (Å²) in [6.07, 6.45) is 0. The predicted molar refractivity (Wildman–Crippen MR) is 98.2 cm³/mol. The molecule has 1 aromatic heterocycles. The number of ether oxygens (including phenoxy) is 1.